The van der Waals surface area contributed by atoms with Crippen molar-refractivity contribution in [3.8, 4) is 0 Å². The fourth-order valence-electron chi connectivity index (χ4n) is 2.07. The summed E-state index contributed by atoms with van der Waals surface area (Å²) in [6.07, 6.45) is 1.16. The van der Waals surface area contributed by atoms with E-state index in [4.69, 9.17) is 4.42 Å². The number of furan rings is 1. The SMILES string of the molecule is Cc1[nH]c(=O)[nH]c(=O)c1/C=N/NC(=O)c1cc2ccccc2o1. The van der Waals surface area contributed by atoms with Gasteiger partial charge in [0.1, 0.15) is 5.58 Å². The van der Waals surface area contributed by atoms with E-state index in [1.807, 2.05) is 12.1 Å². The molecule has 3 rings (SSSR count). The fourth-order valence-corrected chi connectivity index (χ4v) is 2.07. The number of hydrazone groups is 1. The zero-order valence-corrected chi connectivity index (χ0v) is 12.0. The molecule has 3 aromatic rings. The van der Waals surface area contributed by atoms with Crippen LogP contribution in [0.4, 0.5) is 0 Å². The molecule has 0 fully saturated rings. The summed E-state index contributed by atoms with van der Waals surface area (Å²) in [4.78, 5) is 39.2. The Morgan fingerprint density at radius 3 is 2.78 bits per heavy atom. The molecule has 2 heterocycles. The highest BCUT2D eigenvalue weighted by atomic mass is 16.3. The molecule has 0 bridgehead atoms. The number of rotatable bonds is 3. The van der Waals surface area contributed by atoms with Crippen molar-refractivity contribution in [3.63, 3.8) is 0 Å². The minimum atomic E-state index is -0.601. The number of carbonyl (C=O) groups is 1. The highest BCUT2D eigenvalue weighted by Gasteiger charge is 2.11. The van der Waals surface area contributed by atoms with Gasteiger partial charge < -0.3 is 9.40 Å². The lowest BCUT2D eigenvalue weighted by Crippen LogP contribution is -2.27. The Labute approximate surface area is 128 Å². The van der Waals surface area contributed by atoms with Gasteiger partial charge in [0, 0.05) is 11.1 Å². The Hall–Kier alpha value is -3.42. The molecule has 0 saturated carbocycles. The maximum Gasteiger partial charge on any atom is 0.325 e. The van der Waals surface area contributed by atoms with E-state index in [1.165, 1.54) is 0 Å². The van der Waals surface area contributed by atoms with E-state index in [9.17, 15) is 14.4 Å². The van der Waals surface area contributed by atoms with Crippen molar-refractivity contribution in [3.05, 3.63) is 68.2 Å². The molecular weight excluding hydrogens is 300 g/mol. The molecule has 8 heteroatoms. The molecule has 23 heavy (non-hydrogen) atoms. The number of H-pyrrole nitrogens is 2. The average molecular weight is 312 g/mol. The summed E-state index contributed by atoms with van der Waals surface area (Å²) in [7, 11) is 0. The number of amides is 1. The van der Waals surface area contributed by atoms with Gasteiger partial charge in [-0.25, -0.2) is 10.2 Å². The normalized spacial score (nSPS) is 11.2. The quantitative estimate of drug-likeness (QED) is 0.491. The number of hydrogen-bond donors (Lipinski definition) is 3. The number of hydrogen-bond acceptors (Lipinski definition) is 5. The first-order valence-electron chi connectivity index (χ1n) is 6.70. The highest BCUT2D eigenvalue weighted by molar-refractivity contribution is 5.96. The summed E-state index contributed by atoms with van der Waals surface area (Å²) < 4.78 is 5.39. The molecule has 8 nitrogen and oxygen atoms in total. The number of aryl methyl sites for hydroxylation is 1. The van der Waals surface area contributed by atoms with Gasteiger partial charge in [-0.3, -0.25) is 14.6 Å². The lowest BCUT2D eigenvalue weighted by atomic mass is 10.2. The van der Waals surface area contributed by atoms with Gasteiger partial charge in [0.05, 0.1) is 11.8 Å². The van der Waals surface area contributed by atoms with Gasteiger partial charge in [-0.05, 0) is 19.1 Å². The first-order chi connectivity index (χ1) is 11.0. The van der Waals surface area contributed by atoms with E-state index in [0.29, 0.717) is 11.3 Å². The number of carbonyl (C=O) groups excluding carboxylic acids is 1. The Bertz CT molecular complexity index is 993. The molecule has 3 N–H and O–H groups in total. The summed E-state index contributed by atoms with van der Waals surface area (Å²) in [5.74, 6) is -0.439. The Morgan fingerprint density at radius 1 is 1.26 bits per heavy atom. The third-order valence-corrected chi connectivity index (χ3v) is 3.19. The second-order valence-electron chi connectivity index (χ2n) is 4.79. The van der Waals surface area contributed by atoms with Crippen LogP contribution in [0.25, 0.3) is 11.0 Å². The van der Waals surface area contributed by atoms with Crippen LogP contribution in [0.3, 0.4) is 0 Å². The molecule has 0 spiro atoms. The fraction of sp³-hybridized carbons (Fsp3) is 0.0667. The third-order valence-electron chi connectivity index (χ3n) is 3.19. The second-order valence-corrected chi connectivity index (χ2v) is 4.79. The summed E-state index contributed by atoms with van der Waals surface area (Å²) in [5, 5.41) is 4.51. The topological polar surface area (TPSA) is 120 Å². The Balaban J connectivity index is 1.79. The van der Waals surface area contributed by atoms with Gasteiger partial charge >= 0.3 is 11.6 Å². The van der Waals surface area contributed by atoms with E-state index in [2.05, 4.69) is 20.5 Å². The Kier molecular flexibility index (Phi) is 3.63. The highest BCUT2D eigenvalue weighted by Crippen LogP contribution is 2.18. The molecule has 116 valence electrons. The molecule has 1 amide bonds. The van der Waals surface area contributed by atoms with E-state index >= 15 is 0 Å². The van der Waals surface area contributed by atoms with Crippen LogP contribution in [0.5, 0.6) is 0 Å². The number of nitrogens with one attached hydrogen (secondary N) is 3. The van der Waals surface area contributed by atoms with Crippen molar-refractivity contribution < 1.29 is 9.21 Å². The van der Waals surface area contributed by atoms with Crippen LogP contribution in [0.2, 0.25) is 0 Å². The number of aromatic nitrogens is 2. The number of benzene rings is 1. The van der Waals surface area contributed by atoms with Crippen LogP contribution < -0.4 is 16.7 Å². The number of fused-ring (bicyclic) bond motifs is 1. The van der Waals surface area contributed by atoms with Crippen LogP contribution in [0, 0.1) is 6.92 Å². The van der Waals surface area contributed by atoms with Gasteiger partial charge in [0.25, 0.3) is 5.56 Å². The molecule has 0 radical (unpaired) electrons. The van der Waals surface area contributed by atoms with Crippen molar-refractivity contribution in [2.75, 3.05) is 0 Å². The van der Waals surface area contributed by atoms with Crippen LogP contribution in [0.1, 0.15) is 21.8 Å². The van der Waals surface area contributed by atoms with Crippen molar-refractivity contribution >= 4 is 23.1 Å². The van der Waals surface area contributed by atoms with Gasteiger partial charge in [0.15, 0.2) is 5.76 Å². The van der Waals surface area contributed by atoms with E-state index in [1.54, 1.807) is 25.1 Å². The van der Waals surface area contributed by atoms with Crippen molar-refractivity contribution in [2.45, 2.75) is 6.92 Å². The van der Waals surface area contributed by atoms with E-state index in [-0.39, 0.29) is 11.3 Å². The van der Waals surface area contributed by atoms with Gasteiger partial charge in [-0.1, -0.05) is 18.2 Å². The van der Waals surface area contributed by atoms with Crippen LogP contribution in [0.15, 0.2) is 49.4 Å². The molecule has 0 saturated heterocycles. The monoisotopic (exact) mass is 312 g/mol. The molecular formula is C15H12N4O4. The summed E-state index contributed by atoms with van der Waals surface area (Å²) >= 11 is 0. The molecule has 1 aromatic carbocycles. The largest absolute Gasteiger partial charge is 0.451 e. The van der Waals surface area contributed by atoms with Gasteiger partial charge in [-0.2, -0.15) is 5.10 Å². The minimum Gasteiger partial charge on any atom is -0.451 e. The standard InChI is InChI=1S/C15H12N4O4/c1-8-10(13(20)18-15(22)17-8)7-16-19-14(21)12-6-9-4-2-3-5-11(9)23-12/h2-7H,1H3,(H,19,21)(H2,17,18,20,22)/b16-7+. The summed E-state index contributed by atoms with van der Waals surface area (Å²) in [5.41, 5.74) is 2.17. The van der Waals surface area contributed by atoms with Crippen molar-refractivity contribution in [1.82, 2.24) is 15.4 Å². The van der Waals surface area contributed by atoms with E-state index < -0.39 is 17.2 Å². The molecule has 0 aliphatic carbocycles. The second kappa shape index (κ2) is 5.76. The zero-order valence-electron chi connectivity index (χ0n) is 12.0. The van der Waals surface area contributed by atoms with Crippen molar-refractivity contribution in [2.24, 2.45) is 5.10 Å². The first-order valence-corrected chi connectivity index (χ1v) is 6.70. The number of aromatic amines is 2. The van der Waals surface area contributed by atoms with Gasteiger partial charge in [-0.15, -0.1) is 0 Å². The predicted molar refractivity (Wildman–Crippen MR) is 83.7 cm³/mol. The lowest BCUT2D eigenvalue weighted by molar-refractivity contribution is 0.0929. The van der Waals surface area contributed by atoms with Crippen LogP contribution in [-0.4, -0.2) is 22.1 Å². The van der Waals surface area contributed by atoms with Crippen LogP contribution in [-0.2, 0) is 0 Å². The maximum absolute atomic E-state index is 12.0. The molecule has 0 unspecified atom stereocenters. The van der Waals surface area contributed by atoms with Gasteiger partial charge in [0.2, 0.25) is 0 Å². The lowest BCUT2D eigenvalue weighted by Gasteiger charge is -1.98. The van der Waals surface area contributed by atoms with E-state index in [0.717, 1.165) is 11.6 Å². The van der Waals surface area contributed by atoms with Crippen LogP contribution >= 0.6 is 0 Å². The Morgan fingerprint density at radius 2 is 2.04 bits per heavy atom. The number of para-hydroxylation sites is 1. The number of nitrogens with zero attached hydrogens (tertiary/aromatic N) is 1. The molecule has 0 aliphatic heterocycles. The average Bonchev–Trinajstić information content (AvgIpc) is 2.93. The molecule has 0 atom stereocenters. The molecule has 2 aromatic heterocycles. The first kappa shape index (κ1) is 14.5. The minimum absolute atomic E-state index is 0.107. The summed E-state index contributed by atoms with van der Waals surface area (Å²) in [6.45, 7) is 1.55. The van der Waals surface area contributed by atoms with Crippen molar-refractivity contribution in [1.29, 1.82) is 0 Å². The molecule has 0 aliphatic rings. The zero-order chi connectivity index (χ0) is 16.4. The summed E-state index contributed by atoms with van der Waals surface area (Å²) in [6, 6.07) is 8.80. The third kappa shape index (κ3) is 2.95. The maximum atomic E-state index is 12.0. The predicted octanol–water partition coefficient (Wildman–Crippen LogP) is 0.882. The smallest absolute Gasteiger partial charge is 0.325 e.